The van der Waals surface area contributed by atoms with Crippen molar-refractivity contribution in [3.63, 3.8) is 0 Å². The standard InChI is InChI=1S/C15H21FN2/c1-11(12-2-3-12)17-7-9-18-8-6-13-4-5-14(16)10-15(13)18/h4-5,10-12,17H,2-3,6-9H2,1H3. The van der Waals surface area contributed by atoms with Gasteiger partial charge in [-0.2, -0.15) is 0 Å². The molecule has 18 heavy (non-hydrogen) atoms. The first kappa shape index (κ1) is 12.0. The van der Waals surface area contributed by atoms with E-state index < -0.39 is 0 Å². The molecule has 0 saturated heterocycles. The summed E-state index contributed by atoms with van der Waals surface area (Å²) in [6, 6.07) is 5.80. The number of nitrogens with one attached hydrogen (secondary N) is 1. The van der Waals surface area contributed by atoms with E-state index in [1.165, 1.54) is 18.4 Å². The Balaban J connectivity index is 1.54. The van der Waals surface area contributed by atoms with Crippen LogP contribution in [0.4, 0.5) is 10.1 Å². The van der Waals surface area contributed by atoms with Crippen LogP contribution in [0, 0.1) is 11.7 Å². The summed E-state index contributed by atoms with van der Waals surface area (Å²) in [5.41, 5.74) is 2.38. The molecule has 1 aromatic carbocycles. The number of fused-ring (bicyclic) bond motifs is 1. The Hall–Kier alpha value is -1.09. The van der Waals surface area contributed by atoms with E-state index in [1.807, 2.05) is 6.07 Å². The largest absolute Gasteiger partial charge is 0.370 e. The smallest absolute Gasteiger partial charge is 0.125 e. The number of hydrogen-bond donors (Lipinski definition) is 1. The zero-order valence-corrected chi connectivity index (χ0v) is 11.0. The monoisotopic (exact) mass is 248 g/mol. The van der Waals surface area contributed by atoms with Crippen LogP contribution in [0.15, 0.2) is 18.2 Å². The third kappa shape index (κ3) is 2.51. The van der Waals surface area contributed by atoms with Crippen LogP contribution in [-0.2, 0) is 6.42 Å². The first-order valence-corrected chi connectivity index (χ1v) is 7.01. The second kappa shape index (κ2) is 4.88. The molecule has 0 aromatic heterocycles. The van der Waals surface area contributed by atoms with Crippen LogP contribution in [0.1, 0.15) is 25.3 Å². The van der Waals surface area contributed by atoms with E-state index in [2.05, 4.69) is 17.1 Å². The molecule has 1 aliphatic heterocycles. The van der Waals surface area contributed by atoms with Crippen molar-refractivity contribution >= 4 is 5.69 Å². The Morgan fingerprint density at radius 2 is 2.28 bits per heavy atom. The predicted octanol–water partition coefficient (Wildman–Crippen LogP) is 2.58. The second-order valence-corrected chi connectivity index (χ2v) is 5.59. The van der Waals surface area contributed by atoms with E-state index in [1.54, 1.807) is 12.1 Å². The van der Waals surface area contributed by atoms with Crippen LogP contribution in [0.3, 0.4) is 0 Å². The average Bonchev–Trinajstić information content (AvgIpc) is 3.13. The van der Waals surface area contributed by atoms with Crippen molar-refractivity contribution in [2.45, 2.75) is 32.2 Å². The van der Waals surface area contributed by atoms with Gasteiger partial charge in [-0.1, -0.05) is 6.07 Å². The van der Waals surface area contributed by atoms with E-state index in [0.29, 0.717) is 6.04 Å². The van der Waals surface area contributed by atoms with E-state index in [9.17, 15) is 4.39 Å². The molecule has 0 spiro atoms. The molecular formula is C15H21FN2. The van der Waals surface area contributed by atoms with Crippen molar-refractivity contribution in [1.29, 1.82) is 0 Å². The van der Waals surface area contributed by atoms with Gasteiger partial charge in [-0.25, -0.2) is 4.39 Å². The number of benzene rings is 1. The molecule has 0 bridgehead atoms. The molecule has 1 aliphatic carbocycles. The molecule has 0 radical (unpaired) electrons. The van der Waals surface area contributed by atoms with Crippen LogP contribution < -0.4 is 10.2 Å². The fraction of sp³-hybridized carbons (Fsp3) is 0.600. The first-order chi connectivity index (χ1) is 8.74. The quantitative estimate of drug-likeness (QED) is 0.861. The highest BCUT2D eigenvalue weighted by Crippen LogP contribution is 2.32. The van der Waals surface area contributed by atoms with Crippen molar-refractivity contribution in [3.05, 3.63) is 29.6 Å². The van der Waals surface area contributed by atoms with E-state index in [0.717, 1.165) is 37.7 Å². The molecule has 1 atom stereocenters. The average molecular weight is 248 g/mol. The molecule has 1 N–H and O–H groups in total. The number of rotatable bonds is 5. The Bertz CT molecular complexity index is 429. The summed E-state index contributed by atoms with van der Waals surface area (Å²) in [5.74, 6) is 0.772. The Morgan fingerprint density at radius 3 is 3.06 bits per heavy atom. The highest BCUT2D eigenvalue weighted by atomic mass is 19.1. The maximum atomic E-state index is 13.3. The lowest BCUT2D eigenvalue weighted by molar-refractivity contribution is 0.499. The molecular weight excluding hydrogens is 227 g/mol. The van der Waals surface area contributed by atoms with Crippen molar-refractivity contribution in [2.75, 3.05) is 24.5 Å². The zero-order valence-electron chi connectivity index (χ0n) is 11.0. The number of anilines is 1. The topological polar surface area (TPSA) is 15.3 Å². The summed E-state index contributed by atoms with van der Waals surface area (Å²) < 4.78 is 13.3. The molecule has 1 aromatic rings. The van der Waals surface area contributed by atoms with Crippen molar-refractivity contribution < 1.29 is 4.39 Å². The number of hydrogen-bond acceptors (Lipinski definition) is 2. The number of nitrogens with zero attached hydrogens (tertiary/aromatic N) is 1. The summed E-state index contributed by atoms with van der Waals surface area (Å²) in [6.07, 6.45) is 3.81. The summed E-state index contributed by atoms with van der Waals surface area (Å²) in [5, 5.41) is 3.58. The molecule has 0 amide bonds. The summed E-state index contributed by atoms with van der Waals surface area (Å²) in [6.45, 7) is 5.27. The molecule has 1 saturated carbocycles. The maximum Gasteiger partial charge on any atom is 0.125 e. The van der Waals surface area contributed by atoms with Gasteiger partial charge in [0, 0.05) is 31.4 Å². The van der Waals surface area contributed by atoms with Gasteiger partial charge in [-0.15, -0.1) is 0 Å². The highest BCUT2D eigenvalue weighted by molar-refractivity contribution is 5.58. The number of halogens is 1. The fourth-order valence-corrected chi connectivity index (χ4v) is 2.84. The van der Waals surface area contributed by atoms with Crippen LogP contribution >= 0.6 is 0 Å². The van der Waals surface area contributed by atoms with Crippen molar-refractivity contribution in [1.82, 2.24) is 5.32 Å². The molecule has 3 heteroatoms. The van der Waals surface area contributed by atoms with Gasteiger partial charge < -0.3 is 10.2 Å². The maximum absolute atomic E-state index is 13.3. The van der Waals surface area contributed by atoms with Gasteiger partial charge in [0.05, 0.1) is 0 Å². The normalized spacial score (nSPS) is 20.0. The minimum Gasteiger partial charge on any atom is -0.370 e. The van der Waals surface area contributed by atoms with Crippen LogP contribution in [-0.4, -0.2) is 25.7 Å². The summed E-state index contributed by atoms with van der Waals surface area (Å²) in [7, 11) is 0. The Morgan fingerprint density at radius 1 is 1.44 bits per heavy atom. The Kier molecular flexibility index (Phi) is 3.25. The minimum atomic E-state index is -0.125. The molecule has 2 nitrogen and oxygen atoms in total. The van der Waals surface area contributed by atoms with Gasteiger partial charge in [-0.3, -0.25) is 0 Å². The zero-order chi connectivity index (χ0) is 12.5. The van der Waals surface area contributed by atoms with Gasteiger partial charge >= 0.3 is 0 Å². The van der Waals surface area contributed by atoms with E-state index >= 15 is 0 Å². The molecule has 2 aliphatic rings. The minimum absolute atomic E-state index is 0.125. The lowest BCUT2D eigenvalue weighted by Crippen LogP contribution is -2.36. The van der Waals surface area contributed by atoms with Crippen LogP contribution in [0.2, 0.25) is 0 Å². The molecule has 1 heterocycles. The third-order valence-corrected chi connectivity index (χ3v) is 4.22. The van der Waals surface area contributed by atoms with Crippen molar-refractivity contribution in [2.24, 2.45) is 5.92 Å². The SMILES string of the molecule is CC(NCCN1CCc2ccc(F)cc21)C1CC1. The van der Waals surface area contributed by atoms with Crippen molar-refractivity contribution in [3.8, 4) is 0 Å². The van der Waals surface area contributed by atoms with Gasteiger partial charge in [0.15, 0.2) is 0 Å². The third-order valence-electron chi connectivity index (χ3n) is 4.22. The molecule has 3 rings (SSSR count). The fourth-order valence-electron chi connectivity index (χ4n) is 2.84. The summed E-state index contributed by atoms with van der Waals surface area (Å²) >= 11 is 0. The molecule has 1 fully saturated rings. The Labute approximate surface area is 108 Å². The van der Waals surface area contributed by atoms with E-state index in [-0.39, 0.29) is 5.82 Å². The van der Waals surface area contributed by atoms with E-state index in [4.69, 9.17) is 0 Å². The van der Waals surface area contributed by atoms with Gasteiger partial charge in [0.2, 0.25) is 0 Å². The lowest BCUT2D eigenvalue weighted by atomic mass is 10.2. The van der Waals surface area contributed by atoms with Crippen LogP contribution in [0.25, 0.3) is 0 Å². The van der Waals surface area contributed by atoms with Gasteiger partial charge in [-0.05, 0) is 49.8 Å². The van der Waals surface area contributed by atoms with Crippen LogP contribution in [0.5, 0.6) is 0 Å². The highest BCUT2D eigenvalue weighted by Gasteiger charge is 2.27. The van der Waals surface area contributed by atoms with Gasteiger partial charge in [0.25, 0.3) is 0 Å². The lowest BCUT2D eigenvalue weighted by Gasteiger charge is -2.21. The molecule has 98 valence electrons. The molecule has 1 unspecified atom stereocenters. The van der Waals surface area contributed by atoms with Gasteiger partial charge in [0.1, 0.15) is 5.82 Å². The predicted molar refractivity (Wildman–Crippen MR) is 72.5 cm³/mol. The second-order valence-electron chi connectivity index (χ2n) is 5.59. The summed E-state index contributed by atoms with van der Waals surface area (Å²) in [4.78, 5) is 2.30. The first-order valence-electron chi connectivity index (χ1n) is 7.01.